The van der Waals surface area contributed by atoms with Gasteiger partial charge < -0.3 is 15.4 Å². The number of halogens is 1. The Labute approximate surface area is 168 Å². The van der Waals surface area contributed by atoms with Crippen LogP contribution in [0.5, 0.6) is 11.5 Å². The maximum atomic E-state index is 12.5. The van der Waals surface area contributed by atoms with Gasteiger partial charge >= 0.3 is 0 Å². The van der Waals surface area contributed by atoms with E-state index in [0.29, 0.717) is 27.9 Å². The molecule has 0 aliphatic heterocycles. The number of hydrogen-bond donors (Lipinski definition) is 2. The zero-order valence-corrected chi connectivity index (χ0v) is 16.0. The van der Waals surface area contributed by atoms with E-state index in [1.165, 1.54) is 6.92 Å². The highest BCUT2D eigenvalue weighted by Gasteiger charge is 2.11. The molecule has 142 valence electrons. The van der Waals surface area contributed by atoms with Gasteiger partial charge in [0.1, 0.15) is 5.75 Å². The van der Waals surface area contributed by atoms with Crippen LogP contribution in [0.3, 0.4) is 0 Å². The number of para-hydroxylation sites is 1. The van der Waals surface area contributed by atoms with E-state index in [0.717, 1.165) is 5.56 Å². The third-order valence-electron chi connectivity index (χ3n) is 3.83. The van der Waals surface area contributed by atoms with Gasteiger partial charge in [-0.3, -0.25) is 9.59 Å². The lowest BCUT2D eigenvalue weighted by atomic mass is 10.1. The van der Waals surface area contributed by atoms with Crippen molar-refractivity contribution < 1.29 is 14.3 Å². The van der Waals surface area contributed by atoms with Crippen LogP contribution in [0.2, 0.25) is 5.02 Å². The average molecular weight is 395 g/mol. The second kappa shape index (κ2) is 9.06. The molecule has 0 aromatic heterocycles. The Morgan fingerprint density at radius 1 is 0.929 bits per heavy atom. The Hall–Kier alpha value is -3.31. The van der Waals surface area contributed by atoms with Gasteiger partial charge in [0, 0.05) is 17.6 Å². The fraction of sp³-hybridized carbons (Fsp3) is 0.0909. The van der Waals surface area contributed by atoms with Crippen LogP contribution in [-0.4, -0.2) is 11.8 Å². The normalized spacial score (nSPS) is 10.2. The molecule has 0 radical (unpaired) electrons. The molecule has 3 rings (SSSR count). The predicted octanol–water partition coefficient (Wildman–Crippen LogP) is 5.27. The number of nitrogens with one attached hydrogen (secondary N) is 2. The van der Waals surface area contributed by atoms with E-state index in [4.69, 9.17) is 16.3 Å². The van der Waals surface area contributed by atoms with Crippen LogP contribution < -0.4 is 15.4 Å². The van der Waals surface area contributed by atoms with Crippen molar-refractivity contribution in [1.82, 2.24) is 0 Å². The quantitative estimate of drug-likeness (QED) is 0.598. The maximum absolute atomic E-state index is 12.5. The van der Waals surface area contributed by atoms with Gasteiger partial charge in [-0.25, -0.2) is 0 Å². The van der Waals surface area contributed by atoms with E-state index in [1.54, 1.807) is 42.5 Å². The molecular weight excluding hydrogens is 376 g/mol. The highest BCUT2D eigenvalue weighted by molar-refractivity contribution is 6.31. The molecular formula is C22H19ClN2O3. The van der Waals surface area contributed by atoms with Crippen molar-refractivity contribution in [3.8, 4) is 11.5 Å². The lowest BCUT2D eigenvalue weighted by Gasteiger charge is -2.13. The van der Waals surface area contributed by atoms with Crippen molar-refractivity contribution in [2.45, 2.75) is 13.3 Å². The van der Waals surface area contributed by atoms with Gasteiger partial charge in [0.05, 0.1) is 12.1 Å². The molecule has 0 heterocycles. The van der Waals surface area contributed by atoms with Gasteiger partial charge in [-0.1, -0.05) is 41.9 Å². The lowest BCUT2D eigenvalue weighted by molar-refractivity contribution is -0.116. The van der Waals surface area contributed by atoms with E-state index >= 15 is 0 Å². The summed E-state index contributed by atoms with van der Waals surface area (Å²) in [6, 6.07) is 21.5. The molecule has 28 heavy (non-hydrogen) atoms. The van der Waals surface area contributed by atoms with Crippen molar-refractivity contribution in [3.63, 3.8) is 0 Å². The third kappa shape index (κ3) is 5.59. The number of anilines is 2. The summed E-state index contributed by atoms with van der Waals surface area (Å²) in [6.07, 6.45) is 0.178. The van der Waals surface area contributed by atoms with Crippen LogP contribution >= 0.6 is 11.6 Å². The minimum Gasteiger partial charge on any atom is -0.455 e. The summed E-state index contributed by atoms with van der Waals surface area (Å²) in [4.78, 5) is 23.6. The van der Waals surface area contributed by atoms with Crippen LogP contribution in [0.1, 0.15) is 12.5 Å². The molecule has 3 aromatic rings. The number of hydrogen-bond acceptors (Lipinski definition) is 3. The number of ether oxygens (including phenoxy) is 1. The van der Waals surface area contributed by atoms with E-state index < -0.39 is 0 Å². The molecule has 0 atom stereocenters. The predicted molar refractivity (Wildman–Crippen MR) is 111 cm³/mol. The molecule has 0 fully saturated rings. The van der Waals surface area contributed by atoms with Gasteiger partial charge in [-0.05, 0) is 48.0 Å². The molecule has 0 aliphatic carbocycles. The molecule has 0 spiro atoms. The van der Waals surface area contributed by atoms with Crippen molar-refractivity contribution in [3.05, 3.63) is 83.4 Å². The molecule has 0 aliphatic rings. The Balaban J connectivity index is 1.69. The monoisotopic (exact) mass is 394 g/mol. The second-order valence-corrected chi connectivity index (χ2v) is 6.60. The SMILES string of the molecule is CC(=O)Nc1ccc(CC(=O)Nc2cc(Cl)ccc2Oc2ccccc2)cc1. The molecule has 2 amide bonds. The Morgan fingerprint density at radius 2 is 1.64 bits per heavy atom. The first-order valence-corrected chi connectivity index (χ1v) is 9.06. The Bertz CT molecular complexity index is 973. The van der Waals surface area contributed by atoms with Crippen LogP contribution in [0, 0.1) is 0 Å². The number of amides is 2. The van der Waals surface area contributed by atoms with Crippen LogP contribution in [0.4, 0.5) is 11.4 Å². The number of benzene rings is 3. The fourth-order valence-electron chi connectivity index (χ4n) is 2.59. The Morgan fingerprint density at radius 3 is 2.32 bits per heavy atom. The molecule has 6 heteroatoms. The molecule has 0 unspecified atom stereocenters. The molecule has 5 nitrogen and oxygen atoms in total. The summed E-state index contributed by atoms with van der Waals surface area (Å²) in [6.45, 7) is 1.45. The van der Waals surface area contributed by atoms with Crippen molar-refractivity contribution >= 4 is 34.8 Å². The van der Waals surface area contributed by atoms with E-state index in [2.05, 4.69) is 10.6 Å². The smallest absolute Gasteiger partial charge is 0.228 e. The molecule has 0 saturated heterocycles. The van der Waals surface area contributed by atoms with Gasteiger partial charge in [0.15, 0.2) is 5.75 Å². The first kappa shape index (κ1) is 19.5. The van der Waals surface area contributed by atoms with Crippen LogP contribution in [0.15, 0.2) is 72.8 Å². The third-order valence-corrected chi connectivity index (χ3v) is 4.06. The summed E-state index contributed by atoms with van der Waals surface area (Å²) < 4.78 is 5.85. The lowest BCUT2D eigenvalue weighted by Crippen LogP contribution is -2.15. The fourth-order valence-corrected chi connectivity index (χ4v) is 2.77. The summed E-state index contributed by atoms with van der Waals surface area (Å²) in [5.41, 5.74) is 2.00. The average Bonchev–Trinajstić information content (AvgIpc) is 2.66. The van der Waals surface area contributed by atoms with Gasteiger partial charge in [0.25, 0.3) is 0 Å². The zero-order valence-electron chi connectivity index (χ0n) is 15.2. The second-order valence-electron chi connectivity index (χ2n) is 6.16. The van der Waals surface area contributed by atoms with Gasteiger partial charge in [0.2, 0.25) is 11.8 Å². The largest absolute Gasteiger partial charge is 0.455 e. The van der Waals surface area contributed by atoms with Crippen LogP contribution in [0.25, 0.3) is 0 Å². The molecule has 0 saturated carbocycles. The zero-order chi connectivity index (χ0) is 19.9. The van der Waals surface area contributed by atoms with Gasteiger partial charge in [-0.15, -0.1) is 0 Å². The standard InChI is InChI=1S/C22H19ClN2O3/c1-15(26)24-18-10-7-16(8-11-18)13-22(27)25-20-14-17(23)9-12-21(20)28-19-5-3-2-4-6-19/h2-12,14H,13H2,1H3,(H,24,26)(H,25,27). The first-order chi connectivity index (χ1) is 13.5. The number of carbonyl (C=O) groups is 2. The van der Waals surface area contributed by atoms with E-state index in [9.17, 15) is 9.59 Å². The topological polar surface area (TPSA) is 67.4 Å². The summed E-state index contributed by atoms with van der Waals surface area (Å²) in [7, 11) is 0. The molecule has 0 bridgehead atoms. The van der Waals surface area contributed by atoms with Crippen molar-refractivity contribution in [2.24, 2.45) is 0 Å². The van der Waals surface area contributed by atoms with E-state index in [1.807, 2.05) is 30.3 Å². The minimum absolute atomic E-state index is 0.141. The summed E-state index contributed by atoms with van der Waals surface area (Å²) >= 11 is 6.08. The van der Waals surface area contributed by atoms with E-state index in [-0.39, 0.29) is 18.2 Å². The summed E-state index contributed by atoms with van der Waals surface area (Å²) in [5.74, 6) is 0.823. The van der Waals surface area contributed by atoms with Crippen molar-refractivity contribution in [2.75, 3.05) is 10.6 Å². The number of carbonyl (C=O) groups excluding carboxylic acids is 2. The molecule has 3 aromatic carbocycles. The number of rotatable bonds is 6. The van der Waals surface area contributed by atoms with Crippen molar-refractivity contribution in [1.29, 1.82) is 0 Å². The highest BCUT2D eigenvalue weighted by atomic mass is 35.5. The minimum atomic E-state index is -0.201. The maximum Gasteiger partial charge on any atom is 0.228 e. The Kier molecular flexibility index (Phi) is 6.29. The van der Waals surface area contributed by atoms with Crippen LogP contribution in [-0.2, 0) is 16.0 Å². The summed E-state index contributed by atoms with van der Waals surface area (Å²) in [5, 5.41) is 6.04. The first-order valence-electron chi connectivity index (χ1n) is 8.68. The molecule has 2 N–H and O–H groups in total. The van der Waals surface area contributed by atoms with Gasteiger partial charge in [-0.2, -0.15) is 0 Å². The highest BCUT2D eigenvalue weighted by Crippen LogP contribution is 2.32.